The molecule has 1 aromatic carbocycles. The van der Waals surface area contributed by atoms with E-state index in [0.717, 1.165) is 17.3 Å². The summed E-state index contributed by atoms with van der Waals surface area (Å²) < 4.78 is 11.2. The third kappa shape index (κ3) is 5.17. The minimum Gasteiger partial charge on any atom is -0.481 e. The Morgan fingerprint density at radius 3 is 2.63 bits per heavy atom. The molecule has 3 rings (SSSR count). The Balaban J connectivity index is 1.69. The van der Waals surface area contributed by atoms with Gasteiger partial charge in [0.2, 0.25) is 0 Å². The zero-order valence-corrected chi connectivity index (χ0v) is 17.8. The lowest BCUT2D eigenvalue weighted by atomic mass is 10.1. The number of thioether (sulfide) groups is 1. The second-order valence-electron chi connectivity index (χ2n) is 6.33. The van der Waals surface area contributed by atoms with Gasteiger partial charge in [-0.25, -0.2) is 4.79 Å². The number of carboxylic acids is 1. The zero-order valence-electron chi connectivity index (χ0n) is 16.1. The lowest BCUT2D eigenvalue weighted by Crippen LogP contribution is -2.29. The summed E-state index contributed by atoms with van der Waals surface area (Å²) >= 11 is 6.40. The van der Waals surface area contributed by atoms with Gasteiger partial charge in [0.25, 0.3) is 5.91 Å². The van der Waals surface area contributed by atoms with Gasteiger partial charge in [-0.3, -0.25) is 14.5 Å². The summed E-state index contributed by atoms with van der Waals surface area (Å²) in [5, 5.41) is 8.74. The van der Waals surface area contributed by atoms with Crippen LogP contribution in [0.2, 0.25) is 0 Å². The minimum atomic E-state index is -0.908. The van der Waals surface area contributed by atoms with E-state index in [4.69, 9.17) is 26.5 Å². The van der Waals surface area contributed by atoms with Crippen molar-refractivity contribution in [3.63, 3.8) is 0 Å². The SMILES string of the molecule is CCOC(=O)c1ccc(-c2ccc(/C=C3\SC(=S)N(CCCC(=O)O)C3=O)o2)cc1. The van der Waals surface area contributed by atoms with Gasteiger partial charge in [0.05, 0.1) is 17.1 Å². The molecule has 0 spiro atoms. The van der Waals surface area contributed by atoms with Gasteiger partial charge in [-0.1, -0.05) is 36.1 Å². The molecule has 1 saturated heterocycles. The standard InChI is InChI=1S/C21H19NO6S2/c1-2-27-20(26)14-7-5-13(6-8-14)16-10-9-15(28-16)12-17-19(25)22(21(29)30-17)11-3-4-18(23)24/h5-10,12H,2-4,11H2,1H3,(H,23,24)/b17-12-. The van der Waals surface area contributed by atoms with Crippen LogP contribution in [0, 0.1) is 0 Å². The van der Waals surface area contributed by atoms with Crippen LogP contribution in [0.5, 0.6) is 0 Å². The van der Waals surface area contributed by atoms with Crippen LogP contribution in [0.15, 0.2) is 45.7 Å². The minimum absolute atomic E-state index is 0.0212. The van der Waals surface area contributed by atoms with Gasteiger partial charge in [0, 0.05) is 24.6 Å². The Morgan fingerprint density at radius 2 is 1.97 bits per heavy atom. The molecule has 7 nitrogen and oxygen atoms in total. The average Bonchev–Trinajstić information content (AvgIpc) is 3.28. The van der Waals surface area contributed by atoms with E-state index in [1.807, 2.05) is 0 Å². The summed E-state index contributed by atoms with van der Waals surface area (Å²) in [5.74, 6) is -0.463. The zero-order chi connectivity index (χ0) is 21.7. The van der Waals surface area contributed by atoms with Crippen LogP contribution in [0.1, 0.15) is 35.9 Å². The number of hydrogen-bond donors (Lipinski definition) is 1. The van der Waals surface area contributed by atoms with Crippen molar-refractivity contribution < 1.29 is 28.6 Å². The number of hydrogen-bond acceptors (Lipinski definition) is 7. The molecule has 1 aliphatic rings. The fourth-order valence-electron chi connectivity index (χ4n) is 2.78. The van der Waals surface area contributed by atoms with Crippen molar-refractivity contribution in [3.05, 3.63) is 52.6 Å². The maximum atomic E-state index is 12.5. The number of aliphatic carboxylic acids is 1. The number of carbonyl (C=O) groups excluding carboxylic acids is 2. The quantitative estimate of drug-likeness (QED) is 0.367. The van der Waals surface area contributed by atoms with E-state index in [0.29, 0.717) is 39.3 Å². The number of thiocarbonyl (C=S) groups is 1. The molecule has 0 saturated carbocycles. The van der Waals surface area contributed by atoms with Gasteiger partial charge < -0.3 is 14.3 Å². The van der Waals surface area contributed by atoms with Crippen LogP contribution in [-0.4, -0.2) is 45.3 Å². The number of carboxylic acid groups (broad SMARTS) is 1. The highest BCUT2D eigenvalue weighted by atomic mass is 32.2. The van der Waals surface area contributed by atoms with Crippen molar-refractivity contribution in [3.8, 4) is 11.3 Å². The molecule has 0 radical (unpaired) electrons. The fourth-order valence-corrected chi connectivity index (χ4v) is 4.07. The molecule has 2 aromatic rings. The van der Waals surface area contributed by atoms with Crippen LogP contribution < -0.4 is 0 Å². The van der Waals surface area contributed by atoms with Crippen LogP contribution >= 0.6 is 24.0 Å². The van der Waals surface area contributed by atoms with Crippen LogP contribution in [0.4, 0.5) is 0 Å². The molecular formula is C21H19NO6S2. The highest BCUT2D eigenvalue weighted by molar-refractivity contribution is 8.26. The Morgan fingerprint density at radius 1 is 1.23 bits per heavy atom. The topological polar surface area (TPSA) is 97.0 Å². The molecule has 9 heteroatoms. The molecule has 1 aliphatic heterocycles. The first-order chi connectivity index (χ1) is 14.4. The smallest absolute Gasteiger partial charge is 0.338 e. The Kier molecular flexibility index (Phi) is 7.07. The lowest BCUT2D eigenvalue weighted by molar-refractivity contribution is -0.137. The van der Waals surface area contributed by atoms with E-state index < -0.39 is 5.97 Å². The van der Waals surface area contributed by atoms with Crippen LogP contribution in [0.25, 0.3) is 17.4 Å². The molecule has 30 heavy (non-hydrogen) atoms. The molecule has 0 unspecified atom stereocenters. The van der Waals surface area contributed by atoms with Crippen molar-refractivity contribution in [2.75, 3.05) is 13.2 Å². The summed E-state index contributed by atoms with van der Waals surface area (Å²) in [5.41, 5.74) is 1.24. The van der Waals surface area contributed by atoms with Gasteiger partial charge in [-0.05, 0) is 37.6 Å². The van der Waals surface area contributed by atoms with Gasteiger partial charge >= 0.3 is 11.9 Å². The number of furan rings is 1. The van der Waals surface area contributed by atoms with Gasteiger partial charge in [-0.15, -0.1) is 0 Å². The highest BCUT2D eigenvalue weighted by Crippen LogP contribution is 2.33. The average molecular weight is 446 g/mol. The summed E-state index contributed by atoms with van der Waals surface area (Å²) in [7, 11) is 0. The van der Waals surface area contributed by atoms with E-state index in [-0.39, 0.29) is 24.8 Å². The first-order valence-corrected chi connectivity index (χ1v) is 10.5. The van der Waals surface area contributed by atoms with Crippen molar-refractivity contribution in [2.24, 2.45) is 0 Å². The molecule has 2 heterocycles. The monoisotopic (exact) mass is 445 g/mol. The number of nitrogens with zero attached hydrogens (tertiary/aromatic N) is 1. The van der Waals surface area contributed by atoms with E-state index >= 15 is 0 Å². The second kappa shape index (κ2) is 9.73. The molecule has 1 N–H and O–H groups in total. The third-order valence-corrected chi connectivity index (χ3v) is 5.60. The summed E-state index contributed by atoms with van der Waals surface area (Å²) in [4.78, 5) is 36.8. The highest BCUT2D eigenvalue weighted by Gasteiger charge is 2.32. The lowest BCUT2D eigenvalue weighted by Gasteiger charge is -2.13. The largest absolute Gasteiger partial charge is 0.481 e. The van der Waals surface area contributed by atoms with Crippen molar-refractivity contribution in [1.29, 1.82) is 0 Å². The van der Waals surface area contributed by atoms with E-state index in [1.165, 1.54) is 4.90 Å². The van der Waals surface area contributed by atoms with Crippen molar-refractivity contribution >= 4 is 52.2 Å². The van der Waals surface area contributed by atoms with Crippen LogP contribution in [0.3, 0.4) is 0 Å². The normalized spacial score (nSPS) is 15.1. The molecule has 1 aromatic heterocycles. The number of amides is 1. The van der Waals surface area contributed by atoms with Gasteiger partial charge in [0.15, 0.2) is 0 Å². The van der Waals surface area contributed by atoms with E-state index in [2.05, 4.69) is 0 Å². The van der Waals surface area contributed by atoms with Gasteiger partial charge in [0.1, 0.15) is 15.8 Å². The molecule has 0 aliphatic carbocycles. The number of benzene rings is 1. The molecular weight excluding hydrogens is 426 g/mol. The number of esters is 1. The summed E-state index contributed by atoms with van der Waals surface area (Å²) in [6.07, 6.45) is 1.93. The third-order valence-electron chi connectivity index (χ3n) is 4.23. The molecule has 1 fully saturated rings. The Hall–Kier alpha value is -2.91. The molecule has 0 bridgehead atoms. The number of rotatable bonds is 8. The molecule has 1 amide bonds. The summed E-state index contributed by atoms with van der Waals surface area (Å²) in [6, 6.07) is 10.4. The maximum absolute atomic E-state index is 12.5. The first kappa shape index (κ1) is 21.8. The van der Waals surface area contributed by atoms with E-state index in [9.17, 15) is 14.4 Å². The van der Waals surface area contributed by atoms with Crippen LogP contribution in [-0.2, 0) is 14.3 Å². The summed E-state index contributed by atoms with van der Waals surface area (Å²) in [6.45, 7) is 2.33. The van der Waals surface area contributed by atoms with Crippen molar-refractivity contribution in [2.45, 2.75) is 19.8 Å². The Bertz CT molecular complexity index is 1010. The maximum Gasteiger partial charge on any atom is 0.338 e. The van der Waals surface area contributed by atoms with E-state index in [1.54, 1.807) is 49.4 Å². The predicted octanol–water partition coefficient (Wildman–Crippen LogP) is 4.19. The molecule has 156 valence electrons. The fraction of sp³-hybridized carbons (Fsp3) is 0.238. The molecule has 0 atom stereocenters. The predicted molar refractivity (Wildman–Crippen MR) is 117 cm³/mol. The number of ether oxygens (including phenoxy) is 1. The number of carbonyl (C=O) groups is 3. The first-order valence-electron chi connectivity index (χ1n) is 9.23. The second-order valence-corrected chi connectivity index (χ2v) is 8.01. The Labute approximate surface area is 182 Å². The van der Waals surface area contributed by atoms with Crippen molar-refractivity contribution in [1.82, 2.24) is 4.90 Å². The van der Waals surface area contributed by atoms with Gasteiger partial charge in [-0.2, -0.15) is 0 Å².